The Hall–Kier alpha value is -1.37. The minimum Gasteiger partial charge on any atom is -0.377 e. The van der Waals surface area contributed by atoms with Crippen molar-refractivity contribution in [1.82, 2.24) is 5.32 Å². The van der Waals surface area contributed by atoms with Crippen LogP contribution in [0.15, 0.2) is 0 Å². The highest BCUT2D eigenvalue weighted by Gasteiger charge is 2.35. The van der Waals surface area contributed by atoms with Crippen molar-refractivity contribution < 1.29 is 22.0 Å². The number of nitrogens with one attached hydrogen (secondary N) is 2. The van der Waals surface area contributed by atoms with Crippen LogP contribution < -0.4 is 10.6 Å². The topological polar surface area (TPSA) is 24.1 Å². The summed E-state index contributed by atoms with van der Waals surface area (Å²) in [6.07, 6.45) is 3.16. The van der Waals surface area contributed by atoms with E-state index in [0.29, 0.717) is 12.8 Å². The lowest BCUT2D eigenvalue weighted by atomic mass is 9.99. The van der Waals surface area contributed by atoms with Gasteiger partial charge in [-0.3, -0.25) is 0 Å². The molecule has 0 saturated carbocycles. The van der Waals surface area contributed by atoms with Crippen LogP contribution in [0.3, 0.4) is 0 Å². The third kappa shape index (κ3) is 2.13. The number of rotatable bonds is 2. The molecule has 1 aromatic carbocycles. The molecule has 2 aliphatic rings. The fourth-order valence-corrected chi connectivity index (χ4v) is 3.11. The largest absolute Gasteiger partial charge is 0.377 e. The van der Waals surface area contributed by atoms with Gasteiger partial charge in [0, 0.05) is 18.1 Å². The Morgan fingerprint density at radius 3 is 1.70 bits per heavy atom. The molecular formula is C13H13F5N2. The average molecular weight is 292 g/mol. The number of halogens is 5. The van der Waals surface area contributed by atoms with Crippen molar-refractivity contribution in [2.75, 3.05) is 5.32 Å². The summed E-state index contributed by atoms with van der Waals surface area (Å²) < 4.78 is 66.3. The van der Waals surface area contributed by atoms with Gasteiger partial charge in [-0.15, -0.1) is 0 Å². The van der Waals surface area contributed by atoms with Crippen LogP contribution in [0, 0.1) is 29.1 Å². The Morgan fingerprint density at radius 1 is 0.750 bits per heavy atom. The van der Waals surface area contributed by atoms with Crippen LogP contribution in [0.4, 0.5) is 27.6 Å². The summed E-state index contributed by atoms with van der Waals surface area (Å²) in [5.74, 6) is -9.55. The summed E-state index contributed by atoms with van der Waals surface area (Å²) in [6.45, 7) is 0. The Bertz CT molecular complexity index is 507. The molecule has 2 aliphatic heterocycles. The number of anilines is 1. The molecule has 110 valence electrons. The molecule has 2 atom stereocenters. The van der Waals surface area contributed by atoms with Crippen molar-refractivity contribution >= 4 is 5.69 Å². The van der Waals surface area contributed by atoms with Gasteiger partial charge in [0.1, 0.15) is 5.69 Å². The average Bonchev–Trinajstić information content (AvgIpc) is 2.78. The van der Waals surface area contributed by atoms with Crippen LogP contribution >= 0.6 is 0 Å². The Morgan fingerprint density at radius 2 is 1.20 bits per heavy atom. The highest BCUT2D eigenvalue weighted by atomic mass is 19.2. The highest BCUT2D eigenvalue weighted by Crippen LogP contribution is 2.32. The maximum Gasteiger partial charge on any atom is 0.200 e. The predicted octanol–water partition coefficient (Wildman–Crippen LogP) is 3.08. The number of fused-ring (bicyclic) bond motifs is 2. The Labute approximate surface area is 112 Å². The minimum atomic E-state index is -2.13. The fraction of sp³-hybridized carbons (Fsp3) is 0.538. The quantitative estimate of drug-likeness (QED) is 0.497. The monoisotopic (exact) mass is 292 g/mol. The molecule has 2 N–H and O–H groups in total. The summed E-state index contributed by atoms with van der Waals surface area (Å²) in [5.41, 5.74) is -0.923. The second-order valence-corrected chi connectivity index (χ2v) is 5.40. The highest BCUT2D eigenvalue weighted by molar-refractivity contribution is 5.48. The van der Waals surface area contributed by atoms with E-state index in [0.717, 1.165) is 12.8 Å². The molecule has 1 aromatic rings. The van der Waals surface area contributed by atoms with Crippen LogP contribution in [-0.2, 0) is 0 Å². The molecular weight excluding hydrogens is 279 g/mol. The minimum absolute atomic E-state index is 0.243. The molecule has 0 aliphatic carbocycles. The van der Waals surface area contributed by atoms with Gasteiger partial charge in [-0.1, -0.05) is 0 Å². The van der Waals surface area contributed by atoms with Crippen LogP contribution in [-0.4, -0.2) is 18.1 Å². The van der Waals surface area contributed by atoms with E-state index in [-0.39, 0.29) is 18.1 Å². The van der Waals surface area contributed by atoms with E-state index in [1.807, 2.05) is 0 Å². The summed E-state index contributed by atoms with van der Waals surface area (Å²) in [5, 5.41) is 5.82. The fourth-order valence-electron chi connectivity index (χ4n) is 3.11. The lowest BCUT2D eigenvalue weighted by Crippen LogP contribution is -2.43. The van der Waals surface area contributed by atoms with Gasteiger partial charge in [0.2, 0.25) is 5.82 Å². The normalized spacial score (nSPS) is 28.8. The lowest BCUT2D eigenvalue weighted by Gasteiger charge is -2.30. The molecule has 7 heteroatoms. The van der Waals surface area contributed by atoms with E-state index in [9.17, 15) is 22.0 Å². The van der Waals surface area contributed by atoms with Gasteiger partial charge in [0.25, 0.3) is 0 Å². The molecule has 20 heavy (non-hydrogen) atoms. The third-order valence-corrected chi connectivity index (χ3v) is 4.03. The maximum atomic E-state index is 13.6. The number of piperidine rings is 1. The van der Waals surface area contributed by atoms with E-state index >= 15 is 0 Å². The van der Waals surface area contributed by atoms with Crippen molar-refractivity contribution in [3.8, 4) is 0 Å². The first-order valence-electron chi connectivity index (χ1n) is 6.51. The molecule has 3 rings (SSSR count). The lowest BCUT2D eigenvalue weighted by molar-refractivity contribution is 0.364. The zero-order valence-electron chi connectivity index (χ0n) is 10.5. The van der Waals surface area contributed by atoms with Gasteiger partial charge in [-0.2, -0.15) is 0 Å². The van der Waals surface area contributed by atoms with Gasteiger partial charge >= 0.3 is 0 Å². The SMILES string of the molecule is Fc1c(F)c(F)c(NC2CC3CCC(C2)N3)c(F)c1F. The smallest absolute Gasteiger partial charge is 0.200 e. The molecule has 0 radical (unpaired) electrons. The molecule has 0 aromatic heterocycles. The maximum absolute atomic E-state index is 13.6. The molecule has 2 nitrogen and oxygen atoms in total. The van der Waals surface area contributed by atoms with Gasteiger partial charge in [0.05, 0.1) is 0 Å². The standard InChI is InChI=1S/C13H13F5N2/c14-8-9(15)11(17)13(12(18)10(8)16)20-7-3-5-1-2-6(4-7)19-5/h5-7,19-20H,1-4H2. The first-order valence-corrected chi connectivity index (χ1v) is 6.51. The van der Waals surface area contributed by atoms with Crippen molar-refractivity contribution in [2.24, 2.45) is 0 Å². The van der Waals surface area contributed by atoms with Crippen molar-refractivity contribution in [1.29, 1.82) is 0 Å². The first kappa shape index (κ1) is 13.6. The second kappa shape index (κ2) is 4.87. The Balaban J connectivity index is 1.87. The van der Waals surface area contributed by atoms with Crippen molar-refractivity contribution in [3.63, 3.8) is 0 Å². The molecule has 2 unspecified atom stereocenters. The van der Waals surface area contributed by atoms with E-state index in [1.165, 1.54) is 0 Å². The third-order valence-electron chi connectivity index (χ3n) is 4.03. The van der Waals surface area contributed by atoms with Crippen molar-refractivity contribution in [2.45, 2.75) is 43.8 Å². The van der Waals surface area contributed by atoms with E-state index in [2.05, 4.69) is 10.6 Å². The molecule has 0 amide bonds. The second-order valence-electron chi connectivity index (χ2n) is 5.40. The van der Waals surface area contributed by atoms with Crippen LogP contribution in [0.25, 0.3) is 0 Å². The van der Waals surface area contributed by atoms with Gasteiger partial charge in [0.15, 0.2) is 23.3 Å². The van der Waals surface area contributed by atoms with Crippen LogP contribution in [0.5, 0.6) is 0 Å². The first-order chi connectivity index (χ1) is 9.47. The zero-order chi connectivity index (χ0) is 14.4. The number of hydrogen-bond acceptors (Lipinski definition) is 2. The van der Waals surface area contributed by atoms with Crippen molar-refractivity contribution in [3.05, 3.63) is 29.1 Å². The van der Waals surface area contributed by atoms with Crippen LogP contribution in [0.2, 0.25) is 0 Å². The predicted molar refractivity (Wildman–Crippen MR) is 62.8 cm³/mol. The summed E-state index contributed by atoms with van der Waals surface area (Å²) in [6, 6.07) is 0.196. The summed E-state index contributed by atoms with van der Waals surface area (Å²) in [7, 11) is 0. The summed E-state index contributed by atoms with van der Waals surface area (Å²) >= 11 is 0. The summed E-state index contributed by atoms with van der Waals surface area (Å²) in [4.78, 5) is 0. The van der Waals surface area contributed by atoms with Gasteiger partial charge in [-0.25, -0.2) is 22.0 Å². The molecule has 2 bridgehead atoms. The number of hydrogen-bond donors (Lipinski definition) is 2. The molecule has 0 spiro atoms. The van der Waals surface area contributed by atoms with E-state index in [1.54, 1.807) is 0 Å². The number of benzene rings is 1. The van der Waals surface area contributed by atoms with E-state index in [4.69, 9.17) is 0 Å². The molecule has 2 heterocycles. The molecule has 2 saturated heterocycles. The Kier molecular flexibility index (Phi) is 3.32. The van der Waals surface area contributed by atoms with Gasteiger partial charge in [-0.05, 0) is 25.7 Å². The van der Waals surface area contributed by atoms with Gasteiger partial charge < -0.3 is 10.6 Å². The van der Waals surface area contributed by atoms with Crippen LogP contribution in [0.1, 0.15) is 25.7 Å². The zero-order valence-corrected chi connectivity index (χ0v) is 10.5. The molecule has 2 fully saturated rings. The van der Waals surface area contributed by atoms with E-state index < -0.39 is 34.8 Å².